The van der Waals surface area contributed by atoms with E-state index < -0.39 is 0 Å². The first-order valence-corrected chi connectivity index (χ1v) is 10.9. The van der Waals surface area contributed by atoms with Crippen LogP contribution < -0.4 is 15.5 Å². The van der Waals surface area contributed by atoms with E-state index in [9.17, 15) is 14.9 Å². The molecule has 0 atom stereocenters. The van der Waals surface area contributed by atoms with Gasteiger partial charge in [0.1, 0.15) is 0 Å². The summed E-state index contributed by atoms with van der Waals surface area (Å²) in [6.07, 6.45) is 0.999. The highest BCUT2D eigenvalue weighted by atomic mass is 16.2. The number of hydrogen-bond acceptors (Lipinski definition) is 4. The normalized spacial score (nSPS) is 12.4. The first-order valence-electron chi connectivity index (χ1n) is 10.9. The van der Waals surface area contributed by atoms with Crippen LogP contribution in [0.3, 0.4) is 0 Å². The van der Waals surface area contributed by atoms with Crippen molar-refractivity contribution < 1.29 is 9.59 Å². The molecule has 2 amide bonds. The van der Waals surface area contributed by atoms with Crippen molar-refractivity contribution in [1.29, 1.82) is 5.26 Å². The Hall–Kier alpha value is -3.95. The molecule has 0 aromatic heterocycles. The van der Waals surface area contributed by atoms with Crippen LogP contribution in [-0.4, -0.2) is 25.4 Å². The van der Waals surface area contributed by atoms with E-state index in [0.29, 0.717) is 16.7 Å². The Labute approximate surface area is 193 Å². The third kappa shape index (κ3) is 4.94. The molecule has 4 rings (SSSR count). The number of nitrogens with zero attached hydrogens (tertiary/aromatic N) is 2. The van der Waals surface area contributed by atoms with Gasteiger partial charge in [0, 0.05) is 31.4 Å². The van der Waals surface area contributed by atoms with Crippen LogP contribution in [0.15, 0.2) is 60.7 Å². The molecule has 6 nitrogen and oxygen atoms in total. The number of nitrogens with one attached hydrogen (secondary N) is 2. The Morgan fingerprint density at radius 3 is 2.76 bits per heavy atom. The largest absolute Gasteiger partial charge is 0.348 e. The van der Waals surface area contributed by atoms with E-state index in [4.69, 9.17) is 0 Å². The van der Waals surface area contributed by atoms with Gasteiger partial charge in [-0.05, 0) is 78.5 Å². The van der Waals surface area contributed by atoms with Crippen molar-refractivity contribution in [2.45, 2.75) is 26.4 Å². The Morgan fingerprint density at radius 1 is 1.09 bits per heavy atom. The van der Waals surface area contributed by atoms with E-state index >= 15 is 0 Å². The van der Waals surface area contributed by atoms with E-state index in [2.05, 4.69) is 28.8 Å². The molecule has 1 aliphatic heterocycles. The topological polar surface area (TPSA) is 85.2 Å². The maximum atomic E-state index is 13.1. The quantitative estimate of drug-likeness (QED) is 0.636. The van der Waals surface area contributed by atoms with Gasteiger partial charge >= 0.3 is 0 Å². The molecule has 3 aromatic carbocycles. The lowest BCUT2D eigenvalue weighted by molar-refractivity contribution is 0.0950. The van der Waals surface area contributed by atoms with Gasteiger partial charge in [-0.1, -0.05) is 24.3 Å². The van der Waals surface area contributed by atoms with Crippen LogP contribution in [0.25, 0.3) is 0 Å². The van der Waals surface area contributed by atoms with Crippen molar-refractivity contribution in [3.8, 4) is 6.07 Å². The van der Waals surface area contributed by atoms with Crippen LogP contribution in [0, 0.1) is 18.3 Å². The minimum absolute atomic E-state index is 0.114. The second-order valence-electron chi connectivity index (χ2n) is 8.29. The summed E-state index contributed by atoms with van der Waals surface area (Å²) in [6.45, 7) is 3.93. The number of hydrogen-bond donors (Lipinski definition) is 2. The molecule has 0 unspecified atom stereocenters. The number of carbonyl (C=O) groups excluding carboxylic acids is 2. The van der Waals surface area contributed by atoms with Crippen molar-refractivity contribution in [1.82, 2.24) is 10.6 Å². The second-order valence-corrected chi connectivity index (χ2v) is 8.29. The van der Waals surface area contributed by atoms with Crippen molar-refractivity contribution in [2.24, 2.45) is 0 Å². The lowest BCUT2D eigenvalue weighted by atomic mass is 10.00. The number of nitriles is 1. The lowest BCUT2D eigenvalue weighted by Crippen LogP contribution is -2.28. The smallest absolute Gasteiger partial charge is 0.258 e. The summed E-state index contributed by atoms with van der Waals surface area (Å²) in [5, 5.41) is 15.5. The number of aryl methyl sites for hydroxylation is 1. The van der Waals surface area contributed by atoms with Crippen molar-refractivity contribution >= 4 is 17.5 Å². The highest BCUT2D eigenvalue weighted by Crippen LogP contribution is 2.23. The summed E-state index contributed by atoms with van der Waals surface area (Å²) >= 11 is 0. The number of fused-ring (bicyclic) bond motifs is 1. The third-order valence-electron chi connectivity index (χ3n) is 5.94. The number of rotatable bonds is 5. The molecule has 1 aliphatic rings. The summed E-state index contributed by atoms with van der Waals surface area (Å²) in [4.78, 5) is 27.4. The van der Waals surface area contributed by atoms with Gasteiger partial charge in [0.05, 0.1) is 17.2 Å². The molecule has 3 aromatic rings. The van der Waals surface area contributed by atoms with E-state index in [0.717, 1.165) is 36.3 Å². The fourth-order valence-corrected chi connectivity index (χ4v) is 4.03. The maximum Gasteiger partial charge on any atom is 0.258 e. The molecule has 1 heterocycles. The van der Waals surface area contributed by atoms with Crippen LogP contribution in [0.2, 0.25) is 0 Å². The molecule has 0 radical (unpaired) electrons. The van der Waals surface area contributed by atoms with Crippen molar-refractivity contribution in [3.63, 3.8) is 0 Å². The molecule has 33 heavy (non-hydrogen) atoms. The fourth-order valence-electron chi connectivity index (χ4n) is 4.03. The number of amides is 2. The minimum Gasteiger partial charge on any atom is -0.348 e. The van der Waals surface area contributed by atoms with E-state index in [1.165, 1.54) is 11.1 Å². The molecule has 0 fully saturated rings. The molecular formula is C27H26N4O2. The van der Waals surface area contributed by atoms with Gasteiger partial charge in [0.15, 0.2) is 0 Å². The zero-order valence-electron chi connectivity index (χ0n) is 18.8. The molecule has 0 saturated carbocycles. The van der Waals surface area contributed by atoms with Crippen LogP contribution in [0.1, 0.15) is 48.5 Å². The van der Waals surface area contributed by atoms with Crippen LogP contribution in [-0.2, 0) is 19.5 Å². The predicted octanol–water partition coefficient (Wildman–Crippen LogP) is 3.72. The van der Waals surface area contributed by atoms with Crippen LogP contribution in [0.5, 0.6) is 0 Å². The van der Waals surface area contributed by atoms with Gasteiger partial charge in [0.2, 0.25) is 0 Å². The third-order valence-corrected chi connectivity index (χ3v) is 5.94. The standard InChI is InChI=1S/C27H26N4O2/c1-18-6-9-25(22(12-18)15-28)26(32)30-16-19-4-3-5-21(13-19)27(33)31(2)24-8-7-20-10-11-29-17-23(20)14-24/h3-9,12-14,29H,10-11,16-17H2,1-2H3,(H,30,32). The van der Waals surface area contributed by atoms with Gasteiger partial charge in [-0.2, -0.15) is 5.26 Å². The van der Waals surface area contributed by atoms with Gasteiger partial charge < -0.3 is 15.5 Å². The molecule has 0 aliphatic carbocycles. The zero-order chi connectivity index (χ0) is 23.4. The highest BCUT2D eigenvalue weighted by Gasteiger charge is 2.17. The summed E-state index contributed by atoms with van der Waals surface area (Å²) in [5.41, 5.74) is 6.37. The Bertz CT molecular complexity index is 1260. The Morgan fingerprint density at radius 2 is 1.94 bits per heavy atom. The molecule has 0 bridgehead atoms. The monoisotopic (exact) mass is 438 g/mol. The highest BCUT2D eigenvalue weighted by molar-refractivity contribution is 6.06. The molecule has 2 N–H and O–H groups in total. The fraction of sp³-hybridized carbons (Fsp3) is 0.222. The molecule has 0 spiro atoms. The van der Waals surface area contributed by atoms with E-state index in [1.807, 2.05) is 31.2 Å². The summed E-state index contributed by atoms with van der Waals surface area (Å²) in [6, 6.07) is 20.6. The first kappa shape index (κ1) is 22.3. The number of benzene rings is 3. The SMILES string of the molecule is Cc1ccc(C(=O)NCc2cccc(C(=O)N(C)c3ccc4c(c3)CNCC4)c2)c(C#N)c1. The van der Waals surface area contributed by atoms with Crippen LogP contribution >= 0.6 is 0 Å². The summed E-state index contributed by atoms with van der Waals surface area (Å²) < 4.78 is 0. The Kier molecular flexibility index (Phi) is 6.53. The maximum absolute atomic E-state index is 13.1. The Balaban J connectivity index is 1.46. The molecule has 166 valence electrons. The molecule has 6 heteroatoms. The molecular weight excluding hydrogens is 412 g/mol. The summed E-state index contributed by atoms with van der Waals surface area (Å²) in [5.74, 6) is -0.430. The van der Waals surface area contributed by atoms with Crippen molar-refractivity contribution in [3.05, 3.63) is 99.6 Å². The first-order chi connectivity index (χ1) is 16.0. The lowest BCUT2D eigenvalue weighted by Gasteiger charge is -2.22. The van der Waals surface area contributed by atoms with Gasteiger partial charge in [-0.25, -0.2) is 0 Å². The zero-order valence-corrected chi connectivity index (χ0v) is 18.8. The van der Waals surface area contributed by atoms with Gasteiger partial charge in [-0.15, -0.1) is 0 Å². The summed E-state index contributed by atoms with van der Waals surface area (Å²) in [7, 11) is 1.77. The minimum atomic E-state index is -0.317. The van der Waals surface area contributed by atoms with Gasteiger partial charge in [0.25, 0.3) is 11.8 Å². The number of carbonyl (C=O) groups is 2. The van der Waals surface area contributed by atoms with Crippen molar-refractivity contribution in [2.75, 3.05) is 18.5 Å². The van der Waals surface area contributed by atoms with Gasteiger partial charge in [-0.3, -0.25) is 9.59 Å². The average Bonchev–Trinajstić information content (AvgIpc) is 2.86. The second kappa shape index (κ2) is 9.68. The van der Waals surface area contributed by atoms with Crippen LogP contribution in [0.4, 0.5) is 5.69 Å². The van der Waals surface area contributed by atoms with E-state index in [-0.39, 0.29) is 18.4 Å². The average molecular weight is 439 g/mol. The van der Waals surface area contributed by atoms with E-state index in [1.54, 1.807) is 36.2 Å². The molecule has 0 saturated heterocycles. The predicted molar refractivity (Wildman–Crippen MR) is 128 cm³/mol. The number of anilines is 1.